The normalized spacial score (nSPS) is 14.0. The van der Waals surface area contributed by atoms with Crippen molar-refractivity contribution in [3.63, 3.8) is 0 Å². The van der Waals surface area contributed by atoms with E-state index in [9.17, 15) is 9.90 Å². The molecule has 0 aliphatic carbocycles. The van der Waals surface area contributed by atoms with Gasteiger partial charge in [-0.2, -0.15) is 11.3 Å². The van der Waals surface area contributed by atoms with Crippen molar-refractivity contribution in [2.75, 3.05) is 6.54 Å². The lowest BCUT2D eigenvalue weighted by atomic mass is 9.93. The maximum Gasteiger partial charge on any atom is 0.244 e. The summed E-state index contributed by atoms with van der Waals surface area (Å²) in [6, 6.07) is 8.67. The Morgan fingerprint density at radius 2 is 2.09 bits per heavy atom. The van der Waals surface area contributed by atoms with Crippen LogP contribution in [0.1, 0.15) is 17.1 Å². The summed E-state index contributed by atoms with van der Waals surface area (Å²) in [6.45, 7) is -0.00141. The molecule has 1 atom stereocenters. The zero-order chi connectivity index (χ0) is 16.1. The fraction of sp³-hybridized carbons (Fsp3) is 0.118. The van der Waals surface area contributed by atoms with Crippen molar-refractivity contribution in [2.24, 2.45) is 0 Å². The van der Waals surface area contributed by atoms with Gasteiger partial charge in [0.2, 0.25) is 5.91 Å². The molecule has 1 amide bonds. The molecule has 0 bridgehead atoms. The number of rotatable bonds is 6. The number of aliphatic hydroxyl groups is 1. The molecular weight excluding hydrogens is 314 g/mol. The maximum absolute atomic E-state index is 11.9. The smallest absolute Gasteiger partial charge is 0.244 e. The first-order valence-corrected chi connectivity index (χ1v) is 7.91. The fourth-order valence-electron chi connectivity index (χ4n) is 2.16. The number of carbonyl (C=O) groups excluding carboxylic acids is 1. The average molecular weight is 329 g/mol. The van der Waals surface area contributed by atoms with E-state index in [0.717, 1.165) is 0 Å². The number of amides is 1. The van der Waals surface area contributed by atoms with Gasteiger partial charge < -0.3 is 19.3 Å². The van der Waals surface area contributed by atoms with Crippen molar-refractivity contribution in [1.29, 1.82) is 0 Å². The van der Waals surface area contributed by atoms with Crippen LogP contribution in [0.4, 0.5) is 0 Å². The van der Waals surface area contributed by atoms with E-state index in [1.165, 1.54) is 29.9 Å². The minimum absolute atomic E-state index is 0.00141. The van der Waals surface area contributed by atoms with Gasteiger partial charge in [0.15, 0.2) is 5.60 Å². The summed E-state index contributed by atoms with van der Waals surface area (Å²) >= 11 is 1.47. The summed E-state index contributed by atoms with van der Waals surface area (Å²) in [6.07, 6.45) is 5.94. The molecule has 0 unspecified atom stereocenters. The van der Waals surface area contributed by atoms with Crippen LogP contribution in [0.5, 0.6) is 0 Å². The van der Waals surface area contributed by atoms with Crippen LogP contribution < -0.4 is 5.32 Å². The van der Waals surface area contributed by atoms with Crippen LogP contribution in [-0.4, -0.2) is 17.6 Å². The first kappa shape index (κ1) is 15.3. The van der Waals surface area contributed by atoms with Gasteiger partial charge in [-0.25, -0.2) is 0 Å². The highest BCUT2D eigenvalue weighted by molar-refractivity contribution is 7.08. The summed E-state index contributed by atoms with van der Waals surface area (Å²) in [4.78, 5) is 11.9. The van der Waals surface area contributed by atoms with E-state index < -0.39 is 5.60 Å². The van der Waals surface area contributed by atoms with E-state index in [2.05, 4.69) is 5.32 Å². The Kier molecular flexibility index (Phi) is 4.45. The molecule has 23 heavy (non-hydrogen) atoms. The first-order valence-electron chi connectivity index (χ1n) is 6.97. The lowest BCUT2D eigenvalue weighted by molar-refractivity contribution is -0.117. The molecule has 0 aromatic carbocycles. The SMILES string of the molecule is O=C(/C=C/c1ccco1)NC[C@](O)(c1ccsc1)c1ccco1. The lowest BCUT2D eigenvalue weighted by Crippen LogP contribution is -2.40. The second-order valence-electron chi connectivity index (χ2n) is 4.92. The molecule has 6 heteroatoms. The summed E-state index contributed by atoms with van der Waals surface area (Å²) in [5.41, 5.74) is -0.731. The third-order valence-electron chi connectivity index (χ3n) is 3.39. The van der Waals surface area contributed by atoms with Gasteiger partial charge in [-0.1, -0.05) is 0 Å². The molecule has 2 N–H and O–H groups in total. The number of nitrogens with one attached hydrogen (secondary N) is 1. The minimum atomic E-state index is -1.41. The molecule has 0 aliphatic heterocycles. The van der Waals surface area contributed by atoms with Crippen LogP contribution in [0.2, 0.25) is 0 Å². The second kappa shape index (κ2) is 6.68. The summed E-state index contributed by atoms with van der Waals surface area (Å²) in [5, 5.41) is 17.4. The van der Waals surface area contributed by atoms with Crippen LogP contribution in [0, 0.1) is 0 Å². The quantitative estimate of drug-likeness (QED) is 0.682. The van der Waals surface area contributed by atoms with Gasteiger partial charge in [-0.05, 0) is 47.2 Å². The minimum Gasteiger partial charge on any atom is -0.466 e. The van der Waals surface area contributed by atoms with Gasteiger partial charge in [-0.15, -0.1) is 0 Å². The second-order valence-corrected chi connectivity index (χ2v) is 5.70. The molecule has 3 heterocycles. The topological polar surface area (TPSA) is 75.6 Å². The van der Waals surface area contributed by atoms with Gasteiger partial charge >= 0.3 is 0 Å². The Morgan fingerprint density at radius 1 is 1.26 bits per heavy atom. The summed E-state index contributed by atoms with van der Waals surface area (Å²) < 4.78 is 10.5. The monoisotopic (exact) mass is 329 g/mol. The average Bonchev–Trinajstić information content (AvgIpc) is 3.33. The largest absolute Gasteiger partial charge is 0.466 e. The number of thiophene rings is 1. The summed E-state index contributed by atoms with van der Waals surface area (Å²) in [5.74, 6) is 0.632. The predicted molar refractivity (Wildman–Crippen MR) is 86.8 cm³/mol. The van der Waals surface area contributed by atoms with Gasteiger partial charge in [0.1, 0.15) is 11.5 Å². The Labute approximate surface area is 136 Å². The zero-order valence-electron chi connectivity index (χ0n) is 12.1. The third-order valence-corrected chi connectivity index (χ3v) is 4.07. The van der Waals surface area contributed by atoms with Gasteiger partial charge in [0.25, 0.3) is 0 Å². The molecular formula is C17H15NO4S. The standard InChI is InChI=1S/C17H15NO4S/c19-16(6-5-14-3-1-8-21-14)18-12-17(20,13-7-10-23-11-13)15-4-2-9-22-15/h1-11,20H,12H2,(H,18,19)/b6-5+/t17-/m0/s1. The third kappa shape index (κ3) is 3.44. The van der Waals surface area contributed by atoms with Crippen molar-refractivity contribution in [2.45, 2.75) is 5.60 Å². The molecule has 0 spiro atoms. The molecule has 3 aromatic rings. The van der Waals surface area contributed by atoms with Crippen molar-refractivity contribution in [3.8, 4) is 0 Å². The van der Waals surface area contributed by atoms with E-state index in [4.69, 9.17) is 8.83 Å². The molecule has 3 aromatic heterocycles. The molecule has 0 aliphatic rings. The Hall–Kier alpha value is -2.57. The first-order chi connectivity index (χ1) is 11.2. The van der Waals surface area contributed by atoms with Crippen molar-refractivity contribution < 1.29 is 18.7 Å². The highest BCUT2D eigenvalue weighted by Crippen LogP contribution is 2.30. The molecule has 118 valence electrons. The highest BCUT2D eigenvalue weighted by Gasteiger charge is 2.35. The molecule has 0 saturated carbocycles. The van der Waals surface area contributed by atoms with Crippen LogP contribution in [-0.2, 0) is 10.4 Å². The van der Waals surface area contributed by atoms with E-state index in [0.29, 0.717) is 17.1 Å². The summed E-state index contributed by atoms with van der Waals surface area (Å²) in [7, 11) is 0. The van der Waals surface area contributed by atoms with Crippen LogP contribution >= 0.6 is 11.3 Å². The maximum atomic E-state index is 11.9. The lowest BCUT2D eigenvalue weighted by Gasteiger charge is -2.25. The highest BCUT2D eigenvalue weighted by atomic mass is 32.1. The van der Waals surface area contributed by atoms with Crippen molar-refractivity contribution >= 4 is 23.3 Å². The van der Waals surface area contributed by atoms with E-state index in [-0.39, 0.29) is 12.5 Å². The zero-order valence-corrected chi connectivity index (χ0v) is 13.0. The van der Waals surface area contributed by atoms with Gasteiger partial charge in [0, 0.05) is 11.6 Å². The fourth-order valence-corrected chi connectivity index (χ4v) is 2.89. The molecule has 3 rings (SSSR count). The van der Waals surface area contributed by atoms with Crippen molar-refractivity contribution in [3.05, 3.63) is 76.8 Å². The van der Waals surface area contributed by atoms with E-state index in [1.54, 1.807) is 36.4 Å². The number of carbonyl (C=O) groups is 1. The molecule has 0 saturated heterocycles. The van der Waals surface area contributed by atoms with E-state index in [1.807, 2.05) is 10.8 Å². The molecule has 0 radical (unpaired) electrons. The molecule has 0 fully saturated rings. The Morgan fingerprint density at radius 3 is 2.74 bits per heavy atom. The van der Waals surface area contributed by atoms with Crippen LogP contribution in [0.15, 0.2) is 68.5 Å². The number of hydrogen-bond donors (Lipinski definition) is 2. The van der Waals surface area contributed by atoms with Gasteiger partial charge in [-0.3, -0.25) is 4.79 Å². The van der Waals surface area contributed by atoms with Gasteiger partial charge in [0.05, 0.1) is 19.1 Å². The van der Waals surface area contributed by atoms with Crippen LogP contribution in [0.3, 0.4) is 0 Å². The van der Waals surface area contributed by atoms with Crippen molar-refractivity contribution in [1.82, 2.24) is 5.32 Å². The Bertz CT molecular complexity index is 724. The molecule has 5 nitrogen and oxygen atoms in total. The number of furan rings is 2. The Balaban J connectivity index is 1.71. The number of hydrogen-bond acceptors (Lipinski definition) is 5. The predicted octanol–water partition coefficient (Wildman–Crippen LogP) is 3.00. The van der Waals surface area contributed by atoms with E-state index >= 15 is 0 Å². The van der Waals surface area contributed by atoms with Crippen LogP contribution in [0.25, 0.3) is 6.08 Å².